The van der Waals surface area contributed by atoms with Crippen LogP contribution in [0, 0.1) is 13.8 Å². The number of nitrogens with one attached hydrogen (secondary N) is 1. The zero-order valence-corrected chi connectivity index (χ0v) is 12.2. The number of amides is 1. The molecule has 0 aliphatic carbocycles. The van der Waals surface area contributed by atoms with Crippen molar-refractivity contribution >= 4 is 17.4 Å². The summed E-state index contributed by atoms with van der Waals surface area (Å²) in [5.41, 5.74) is 3.97. The van der Waals surface area contributed by atoms with E-state index >= 15 is 0 Å². The lowest BCUT2D eigenvalue weighted by atomic mass is 10.1. The zero-order valence-electron chi connectivity index (χ0n) is 12.2. The third kappa shape index (κ3) is 2.64. The van der Waals surface area contributed by atoms with E-state index in [-0.39, 0.29) is 11.7 Å². The molecule has 1 N–H and O–H groups in total. The Balaban J connectivity index is 2.28. The molecule has 2 rings (SSSR count). The molecule has 0 saturated carbocycles. The van der Waals surface area contributed by atoms with Crippen LogP contribution in [0.15, 0.2) is 30.5 Å². The highest BCUT2D eigenvalue weighted by Crippen LogP contribution is 2.19. The molecule has 4 heteroatoms. The van der Waals surface area contributed by atoms with Gasteiger partial charge >= 0.3 is 0 Å². The van der Waals surface area contributed by atoms with Crippen molar-refractivity contribution in [2.75, 3.05) is 5.32 Å². The van der Waals surface area contributed by atoms with Crippen LogP contribution in [0.25, 0.3) is 0 Å². The second-order valence-corrected chi connectivity index (χ2v) is 4.98. The van der Waals surface area contributed by atoms with Crippen LogP contribution in [0.1, 0.15) is 38.9 Å². The number of aromatic nitrogens is 1. The molecule has 1 aromatic heterocycles. The van der Waals surface area contributed by atoms with Crippen molar-refractivity contribution in [3.05, 3.63) is 52.8 Å². The number of anilines is 1. The lowest BCUT2D eigenvalue weighted by molar-refractivity contribution is 0.101. The van der Waals surface area contributed by atoms with Crippen molar-refractivity contribution in [1.82, 2.24) is 4.57 Å². The summed E-state index contributed by atoms with van der Waals surface area (Å²) < 4.78 is 1.66. The summed E-state index contributed by atoms with van der Waals surface area (Å²) in [5, 5.41) is 2.89. The smallest absolute Gasteiger partial charge is 0.272 e. The predicted molar refractivity (Wildman–Crippen MR) is 79.3 cm³/mol. The normalized spacial score (nSPS) is 10.4. The van der Waals surface area contributed by atoms with Crippen LogP contribution < -0.4 is 5.32 Å². The number of rotatable bonds is 3. The molecule has 0 saturated heterocycles. The molecule has 0 bridgehead atoms. The SMILES string of the molecule is CC(=O)c1cc(C(=O)Nc2cccc(C)c2C)n(C)c1. The molecule has 20 heavy (non-hydrogen) atoms. The van der Waals surface area contributed by atoms with Crippen LogP contribution in [-0.4, -0.2) is 16.3 Å². The van der Waals surface area contributed by atoms with Crippen LogP contribution in [0.4, 0.5) is 5.69 Å². The van der Waals surface area contributed by atoms with Gasteiger partial charge in [-0.05, 0) is 44.0 Å². The Hall–Kier alpha value is -2.36. The van der Waals surface area contributed by atoms with E-state index in [4.69, 9.17) is 0 Å². The van der Waals surface area contributed by atoms with E-state index in [9.17, 15) is 9.59 Å². The molecule has 104 valence electrons. The van der Waals surface area contributed by atoms with Crippen molar-refractivity contribution < 1.29 is 9.59 Å². The Labute approximate surface area is 118 Å². The third-order valence-electron chi connectivity index (χ3n) is 3.50. The summed E-state index contributed by atoms with van der Waals surface area (Å²) in [6, 6.07) is 7.39. The van der Waals surface area contributed by atoms with Crippen molar-refractivity contribution in [3.63, 3.8) is 0 Å². The lowest BCUT2D eigenvalue weighted by Crippen LogP contribution is -2.16. The second-order valence-electron chi connectivity index (χ2n) is 4.98. The number of hydrogen-bond acceptors (Lipinski definition) is 2. The van der Waals surface area contributed by atoms with Crippen molar-refractivity contribution in [2.45, 2.75) is 20.8 Å². The molecule has 0 unspecified atom stereocenters. The van der Waals surface area contributed by atoms with E-state index in [2.05, 4.69) is 5.32 Å². The fraction of sp³-hybridized carbons (Fsp3) is 0.250. The first-order chi connectivity index (χ1) is 9.40. The standard InChI is InChI=1S/C16H18N2O2/c1-10-6-5-7-14(11(10)2)17-16(20)15-8-13(12(3)19)9-18(15)4/h5-9H,1-4H3,(H,17,20). The van der Waals surface area contributed by atoms with Gasteiger partial charge in [0.1, 0.15) is 5.69 Å². The summed E-state index contributed by atoms with van der Waals surface area (Å²) in [6.45, 7) is 5.46. The Morgan fingerprint density at radius 3 is 2.50 bits per heavy atom. The number of ketones is 1. The molecule has 0 spiro atoms. The van der Waals surface area contributed by atoms with E-state index < -0.39 is 0 Å². The lowest BCUT2D eigenvalue weighted by Gasteiger charge is -2.10. The summed E-state index contributed by atoms with van der Waals surface area (Å²) in [5.74, 6) is -0.264. The van der Waals surface area contributed by atoms with Gasteiger partial charge in [-0.25, -0.2) is 0 Å². The van der Waals surface area contributed by atoms with Gasteiger partial charge in [-0.1, -0.05) is 12.1 Å². The van der Waals surface area contributed by atoms with E-state index in [1.165, 1.54) is 6.92 Å². The minimum absolute atomic E-state index is 0.0496. The van der Waals surface area contributed by atoms with Gasteiger partial charge in [0, 0.05) is 24.5 Å². The summed E-state index contributed by atoms with van der Waals surface area (Å²) in [6.07, 6.45) is 1.67. The zero-order chi connectivity index (χ0) is 14.9. The summed E-state index contributed by atoms with van der Waals surface area (Å²) >= 11 is 0. The highest BCUT2D eigenvalue weighted by Gasteiger charge is 2.14. The van der Waals surface area contributed by atoms with Crippen LogP contribution in [0.3, 0.4) is 0 Å². The van der Waals surface area contributed by atoms with Gasteiger partial charge in [0.25, 0.3) is 5.91 Å². The molecule has 1 amide bonds. The summed E-state index contributed by atoms with van der Waals surface area (Å²) in [4.78, 5) is 23.6. The molecule has 0 aliphatic heterocycles. The fourth-order valence-electron chi connectivity index (χ4n) is 2.06. The highest BCUT2D eigenvalue weighted by atomic mass is 16.2. The Bertz CT molecular complexity index is 684. The van der Waals surface area contributed by atoms with Crippen molar-refractivity contribution in [3.8, 4) is 0 Å². The number of aryl methyl sites for hydroxylation is 2. The summed E-state index contributed by atoms with van der Waals surface area (Å²) in [7, 11) is 1.75. The van der Waals surface area contributed by atoms with Gasteiger partial charge in [-0.3, -0.25) is 9.59 Å². The topological polar surface area (TPSA) is 51.1 Å². The van der Waals surface area contributed by atoms with Gasteiger partial charge in [-0.15, -0.1) is 0 Å². The minimum atomic E-state index is -0.214. The Morgan fingerprint density at radius 1 is 1.20 bits per heavy atom. The Kier molecular flexibility index (Phi) is 3.74. The number of carbonyl (C=O) groups excluding carboxylic acids is 2. The number of benzene rings is 1. The minimum Gasteiger partial charge on any atom is -0.346 e. The average molecular weight is 270 g/mol. The number of Topliss-reactive ketones (excluding diaryl/α,β-unsaturated/α-hetero) is 1. The Morgan fingerprint density at radius 2 is 1.90 bits per heavy atom. The molecule has 0 radical (unpaired) electrons. The highest BCUT2D eigenvalue weighted by molar-refractivity contribution is 6.05. The third-order valence-corrected chi connectivity index (χ3v) is 3.50. The molecule has 2 aromatic rings. The molecule has 4 nitrogen and oxygen atoms in total. The monoisotopic (exact) mass is 270 g/mol. The van der Waals surface area contributed by atoms with Crippen LogP contribution in [0.2, 0.25) is 0 Å². The maximum Gasteiger partial charge on any atom is 0.272 e. The van der Waals surface area contributed by atoms with Crippen LogP contribution in [-0.2, 0) is 7.05 Å². The van der Waals surface area contributed by atoms with Gasteiger partial charge in [-0.2, -0.15) is 0 Å². The van der Waals surface area contributed by atoms with Crippen LogP contribution >= 0.6 is 0 Å². The van der Waals surface area contributed by atoms with Crippen molar-refractivity contribution in [1.29, 1.82) is 0 Å². The first kappa shape index (κ1) is 14.1. The number of nitrogens with zero attached hydrogens (tertiary/aromatic N) is 1. The van der Waals surface area contributed by atoms with Gasteiger partial charge in [0.2, 0.25) is 0 Å². The molecule has 0 aliphatic rings. The first-order valence-electron chi connectivity index (χ1n) is 6.45. The molecule has 0 fully saturated rings. The van der Waals surface area contributed by atoms with E-state index in [1.54, 1.807) is 23.9 Å². The number of hydrogen-bond donors (Lipinski definition) is 1. The molecule has 0 atom stereocenters. The van der Waals surface area contributed by atoms with E-state index in [0.29, 0.717) is 11.3 Å². The quantitative estimate of drug-likeness (QED) is 0.871. The first-order valence-corrected chi connectivity index (χ1v) is 6.45. The molecular weight excluding hydrogens is 252 g/mol. The van der Waals surface area contributed by atoms with Gasteiger partial charge in [0.05, 0.1) is 0 Å². The van der Waals surface area contributed by atoms with Crippen LogP contribution in [0.5, 0.6) is 0 Å². The van der Waals surface area contributed by atoms with Gasteiger partial charge < -0.3 is 9.88 Å². The fourth-order valence-corrected chi connectivity index (χ4v) is 2.06. The largest absolute Gasteiger partial charge is 0.346 e. The van der Waals surface area contributed by atoms with E-state index in [0.717, 1.165) is 16.8 Å². The van der Waals surface area contributed by atoms with Crippen molar-refractivity contribution in [2.24, 2.45) is 7.05 Å². The predicted octanol–water partition coefficient (Wildman–Crippen LogP) is 3.10. The average Bonchev–Trinajstić information content (AvgIpc) is 2.77. The molecular formula is C16H18N2O2. The van der Waals surface area contributed by atoms with Gasteiger partial charge in [0.15, 0.2) is 5.78 Å². The maximum atomic E-state index is 12.3. The second kappa shape index (κ2) is 5.33. The molecule has 1 aromatic carbocycles. The molecule has 1 heterocycles. The van der Waals surface area contributed by atoms with E-state index in [1.807, 2.05) is 32.0 Å². The maximum absolute atomic E-state index is 12.3. The number of carbonyl (C=O) groups is 2.